The maximum Gasteiger partial charge on any atom is 0.268 e. The highest BCUT2D eigenvalue weighted by Crippen LogP contribution is 2.34. The van der Waals surface area contributed by atoms with Crippen molar-refractivity contribution in [3.8, 4) is 22.8 Å². The number of hydrogen-bond donors (Lipinski definition) is 1. The molecule has 0 aliphatic rings. The Bertz CT molecular complexity index is 1520. The smallest absolute Gasteiger partial charge is 0.268 e. The number of nitrogens with one attached hydrogen (secondary N) is 1. The van der Waals surface area contributed by atoms with Gasteiger partial charge in [0.2, 0.25) is 0 Å². The molecule has 0 unspecified atom stereocenters. The molecule has 5 rings (SSSR count). The molecule has 1 N–H and O–H groups in total. The van der Waals surface area contributed by atoms with Crippen LogP contribution < -0.4 is 4.74 Å². The molecule has 0 bridgehead atoms. The molecule has 0 amide bonds. The number of rotatable bonds is 5. The normalized spacial score (nSPS) is 11.7. The number of hydrogen-bond acceptors (Lipinski definition) is 4. The van der Waals surface area contributed by atoms with E-state index >= 15 is 0 Å². The minimum atomic E-state index is -3.69. The summed E-state index contributed by atoms with van der Waals surface area (Å²) in [6.45, 7) is 3.86. The van der Waals surface area contributed by atoms with Crippen LogP contribution in [0.25, 0.3) is 22.2 Å². The van der Waals surface area contributed by atoms with Crippen molar-refractivity contribution in [1.82, 2.24) is 14.2 Å². The van der Waals surface area contributed by atoms with Gasteiger partial charge in [-0.05, 0) is 62.4 Å². The molecule has 0 aliphatic carbocycles. The monoisotopic (exact) mass is 443 g/mol. The Morgan fingerprint density at radius 3 is 2.50 bits per heavy atom. The van der Waals surface area contributed by atoms with Gasteiger partial charge in [-0.25, -0.2) is 12.4 Å². The van der Waals surface area contributed by atoms with Gasteiger partial charge in [-0.2, -0.15) is 5.10 Å². The van der Waals surface area contributed by atoms with Crippen LogP contribution in [0, 0.1) is 13.8 Å². The minimum Gasteiger partial charge on any atom is -0.457 e. The molecule has 0 spiro atoms. The largest absolute Gasteiger partial charge is 0.457 e. The zero-order valence-corrected chi connectivity index (χ0v) is 18.4. The summed E-state index contributed by atoms with van der Waals surface area (Å²) >= 11 is 0. The van der Waals surface area contributed by atoms with Crippen LogP contribution >= 0.6 is 0 Å². The summed E-state index contributed by atoms with van der Waals surface area (Å²) in [5, 5.41) is 7.84. The van der Waals surface area contributed by atoms with Crippen LogP contribution in [0.4, 0.5) is 0 Å². The number of ether oxygens (including phenoxy) is 1. The molecular weight excluding hydrogens is 422 g/mol. The first-order valence-electron chi connectivity index (χ1n) is 10.1. The van der Waals surface area contributed by atoms with E-state index in [0.717, 1.165) is 27.8 Å². The molecule has 2 aromatic heterocycles. The molecule has 0 fully saturated rings. The average Bonchev–Trinajstić information content (AvgIpc) is 3.47. The van der Waals surface area contributed by atoms with Crippen LogP contribution in [0.3, 0.4) is 0 Å². The van der Waals surface area contributed by atoms with Crippen LogP contribution in [0.2, 0.25) is 0 Å². The Hall–Kier alpha value is -3.84. The van der Waals surface area contributed by atoms with Gasteiger partial charge in [-0.1, -0.05) is 29.8 Å². The van der Waals surface area contributed by atoms with Gasteiger partial charge < -0.3 is 4.74 Å². The molecule has 5 aromatic rings. The molecule has 0 aliphatic heterocycles. The number of nitrogens with zero attached hydrogens (tertiary/aromatic N) is 2. The fraction of sp³-hybridized carbons (Fsp3) is 0.0800. The van der Waals surface area contributed by atoms with Crippen molar-refractivity contribution >= 4 is 20.9 Å². The first-order valence-corrected chi connectivity index (χ1v) is 11.6. The molecule has 0 radical (unpaired) electrons. The van der Waals surface area contributed by atoms with Gasteiger partial charge in [0.1, 0.15) is 11.5 Å². The maximum atomic E-state index is 13.2. The van der Waals surface area contributed by atoms with E-state index in [9.17, 15) is 8.42 Å². The second kappa shape index (κ2) is 7.69. The summed E-state index contributed by atoms with van der Waals surface area (Å²) < 4.78 is 33.8. The van der Waals surface area contributed by atoms with E-state index in [2.05, 4.69) is 10.2 Å². The number of benzene rings is 3. The number of aromatic amines is 1. The van der Waals surface area contributed by atoms with Gasteiger partial charge in [0.05, 0.1) is 16.1 Å². The lowest BCUT2D eigenvalue weighted by atomic mass is 10.1. The van der Waals surface area contributed by atoms with E-state index in [1.165, 1.54) is 3.97 Å². The van der Waals surface area contributed by atoms with Crippen LogP contribution in [0.1, 0.15) is 11.1 Å². The Kier molecular flexibility index (Phi) is 4.83. The van der Waals surface area contributed by atoms with Gasteiger partial charge >= 0.3 is 0 Å². The van der Waals surface area contributed by atoms with E-state index in [1.807, 2.05) is 50.2 Å². The van der Waals surface area contributed by atoms with Crippen LogP contribution in [0.15, 0.2) is 90.1 Å². The van der Waals surface area contributed by atoms with Gasteiger partial charge in [-0.15, -0.1) is 0 Å². The molecule has 2 heterocycles. The summed E-state index contributed by atoms with van der Waals surface area (Å²) in [6, 6.07) is 21.8. The lowest BCUT2D eigenvalue weighted by molar-refractivity contribution is 0.480. The van der Waals surface area contributed by atoms with E-state index in [0.29, 0.717) is 17.0 Å². The van der Waals surface area contributed by atoms with Crippen molar-refractivity contribution in [3.63, 3.8) is 0 Å². The highest BCUT2D eigenvalue weighted by atomic mass is 32.2. The lowest BCUT2D eigenvalue weighted by Crippen LogP contribution is -2.11. The summed E-state index contributed by atoms with van der Waals surface area (Å²) in [5.41, 5.74) is 4.26. The number of H-pyrrole nitrogens is 1. The van der Waals surface area contributed by atoms with E-state index in [1.54, 1.807) is 48.8 Å². The summed E-state index contributed by atoms with van der Waals surface area (Å²) in [4.78, 5) is 0.258. The third-order valence-electron chi connectivity index (χ3n) is 5.49. The third-order valence-corrected chi connectivity index (χ3v) is 7.20. The minimum absolute atomic E-state index is 0.258. The van der Waals surface area contributed by atoms with Crippen molar-refractivity contribution in [2.75, 3.05) is 0 Å². The average molecular weight is 444 g/mol. The summed E-state index contributed by atoms with van der Waals surface area (Å²) in [6.07, 6.45) is 3.37. The molecule has 7 heteroatoms. The predicted molar refractivity (Wildman–Crippen MR) is 125 cm³/mol. The number of fused-ring (bicyclic) bond motifs is 1. The molecule has 32 heavy (non-hydrogen) atoms. The summed E-state index contributed by atoms with van der Waals surface area (Å²) in [5.74, 6) is 1.35. The first kappa shape index (κ1) is 20.1. The van der Waals surface area contributed by atoms with Crippen molar-refractivity contribution in [1.29, 1.82) is 0 Å². The standard InChI is InChI=1S/C25H21N3O3S/c1-17-6-8-21(9-7-17)32(29,30)28-15-13-22-18(2)25(11-10-24(22)28)31-20-5-3-4-19(16-20)23-12-14-26-27-23/h3-16H,1-2H3,(H,26,27). The van der Waals surface area contributed by atoms with Gasteiger partial charge in [-0.3, -0.25) is 5.10 Å². The van der Waals surface area contributed by atoms with Gasteiger partial charge in [0.25, 0.3) is 10.0 Å². The van der Waals surface area contributed by atoms with Gasteiger partial charge in [0.15, 0.2) is 0 Å². The van der Waals surface area contributed by atoms with Crippen LogP contribution in [-0.2, 0) is 10.0 Å². The topological polar surface area (TPSA) is 77.0 Å². The van der Waals surface area contributed by atoms with Crippen LogP contribution in [-0.4, -0.2) is 22.6 Å². The molecule has 6 nitrogen and oxygen atoms in total. The Morgan fingerprint density at radius 1 is 0.938 bits per heavy atom. The van der Waals surface area contributed by atoms with E-state index < -0.39 is 10.0 Å². The second-order valence-corrected chi connectivity index (χ2v) is 9.46. The summed E-state index contributed by atoms with van der Waals surface area (Å²) in [7, 11) is -3.69. The number of aromatic nitrogens is 3. The number of aryl methyl sites for hydroxylation is 2. The Morgan fingerprint density at radius 2 is 1.75 bits per heavy atom. The highest BCUT2D eigenvalue weighted by Gasteiger charge is 2.20. The molecule has 0 saturated carbocycles. The molecule has 160 valence electrons. The zero-order chi connectivity index (χ0) is 22.3. The third kappa shape index (κ3) is 3.46. The van der Waals surface area contributed by atoms with E-state index in [4.69, 9.17) is 4.74 Å². The molecule has 0 saturated heterocycles. The zero-order valence-electron chi connectivity index (χ0n) is 17.6. The quantitative estimate of drug-likeness (QED) is 0.379. The Balaban J connectivity index is 1.51. The second-order valence-electron chi connectivity index (χ2n) is 7.64. The molecule has 0 atom stereocenters. The highest BCUT2D eigenvalue weighted by molar-refractivity contribution is 7.90. The molecular formula is C25H21N3O3S. The fourth-order valence-electron chi connectivity index (χ4n) is 3.73. The first-order chi connectivity index (χ1) is 15.4. The van der Waals surface area contributed by atoms with Crippen LogP contribution in [0.5, 0.6) is 11.5 Å². The molecule has 3 aromatic carbocycles. The van der Waals surface area contributed by atoms with Crippen molar-refractivity contribution in [2.24, 2.45) is 0 Å². The van der Waals surface area contributed by atoms with Crippen molar-refractivity contribution < 1.29 is 13.2 Å². The predicted octanol–water partition coefficient (Wildman–Crippen LogP) is 5.68. The maximum absolute atomic E-state index is 13.2. The lowest BCUT2D eigenvalue weighted by Gasteiger charge is -2.12. The Labute approximate surface area is 186 Å². The van der Waals surface area contributed by atoms with Crippen molar-refractivity contribution in [2.45, 2.75) is 18.7 Å². The SMILES string of the molecule is Cc1ccc(S(=O)(=O)n2ccc3c(C)c(Oc4cccc(-c5cc[nH]n5)c4)ccc32)cc1. The van der Waals surface area contributed by atoms with Gasteiger partial charge in [0, 0.05) is 28.9 Å². The van der Waals surface area contributed by atoms with Crippen molar-refractivity contribution in [3.05, 3.63) is 96.3 Å². The fourth-order valence-corrected chi connectivity index (χ4v) is 5.08. The van der Waals surface area contributed by atoms with E-state index in [-0.39, 0.29) is 4.90 Å².